The Kier molecular flexibility index (Phi) is 5.10. The molecule has 2 aliphatic rings. The normalized spacial score (nSPS) is 19.0. The molecule has 3 aromatic rings. The maximum Gasteiger partial charge on any atom is 0.249 e. The minimum Gasteiger partial charge on any atom is -0.340 e. The molecule has 0 bridgehead atoms. The molecule has 158 valence electrons. The summed E-state index contributed by atoms with van der Waals surface area (Å²) < 4.78 is 0. The maximum atomic E-state index is 13.1. The van der Waals surface area contributed by atoms with Crippen LogP contribution < -0.4 is 9.80 Å². The fourth-order valence-corrected chi connectivity index (χ4v) is 4.81. The van der Waals surface area contributed by atoms with Gasteiger partial charge in [0.1, 0.15) is 17.4 Å². The van der Waals surface area contributed by atoms with Gasteiger partial charge in [0.05, 0.1) is 11.9 Å². The van der Waals surface area contributed by atoms with Crippen molar-refractivity contribution in [3.63, 3.8) is 0 Å². The van der Waals surface area contributed by atoms with Crippen LogP contribution in [0.4, 0.5) is 11.5 Å². The van der Waals surface area contributed by atoms with Crippen LogP contribution in [0.15, 0.2) is 48.9 Å². The number of likely N-dealkylation sites (N-methyl/N-ethyl adjacent to an activating group) is 1. The van der Waals surface area contributed by atoms with Gasteiger partial charge >= 0.3 is 0 Å². The van der Waals surface area contributed by atoms with Crippen molar-refractivity contribution in [2.45, 2.75) is 51.1 Å². The molecule has 31 heavy (non-hydrogen) atoms. The molecule has 0 spiro atoms. The number of amides is 1. The molecule has 1 fully saturated rings. The summed E-state index contributed by atoms with van der Waals surface area (Å²) in [6.45, 7) is 2.07. The van der Waals surface area contributed by atoms with E-state index in [0.29, 0.717) is 17.6 Å². The Morgan fingerprint density at radius 1 is 1.00 bits per heavy atom. The van der Waals surface area contributed by atoms with Crippen LogP contribution >= 0.6 is 0 Å². The van der Waals surface area contributed by atoms with Crippen molar-refractivity contribution in [2.75, 3.05) is 16.8 Å². The second-order valence-corrected chi connectivity index (χ2v) is 8.19. The lowest BCUT2D eigenvalue weighted by Gasteiger charge is -2.43. The highest BCUT2D eigenvalue weighted by atomic mass is 16.2. The third-order valence-electron chi connectivity index (χ3n) is 6.37. The summed E-state index contributed by atoms with van der Waals surface area (Å²) in [6, 6.07) is 10.1. The largest absolute Gasteiger partial charge is 0.340 e. The van der Waals surface area contributed by atoms with Crippen LogP contribution in [-0.4, -0.2) is 45.0 Å². The first-order valence-electron chi connectivity index (χ1n) is 11.0. The first-order chi connectivity index (χ1) is 15.2. The van der Waals surface area contributed by atoms with Gasteiger partial charge in [0, 0.05) is 31.0 Å². The minimum absolute atomic E-state index is 0.114. The molecule has 1 saturated carbocycles. The van der Waals surface area contributed by atoms with E-state index in [-0.39, 0.29) is 11.9 Å². The molecule has 1 aromatic carbocycles. The number of anilines is 2. The molecule has 1 aliphatic heterocycles. The Morgan fingerprint density at radius 3 is 2.42 bits per heavy atom. The molecule has 1 amide bonds. The fourth-order valence-electron chi connectivity index (χ4n) is 4.81. The number of carbonyl (C=O) groups excluding carboxylic acids is 1. The molecule has 0 N–H and O–H groups in total. The van der Waals surface area contributed by atoms with Crippen LogP contribution in [0.25, 0.3) is 22.8 Å². The van der Waals surface area contributed by atoms with Crippen molar-refractivity contribution >= 4 is 17.4 Å². The van der Waals surface area contributed by atoms with E-state index in [9.17, 15) is 4.79 Å². The molecule has 5 rings (SSSR count). The monoisotopic (exact) mass is 414 g/mol. The minimum atomic E-state index is -0.196. The van der Waals surface area contributed by atoms with Gasteiger partial charge < -0.3 is 9.80 Å². The lowest BCUT2D eigenvalue weighted by atomic mass is 10.0. The molecule has 1 unspecified atom stereocenters. The average molecular weight is 415 g/mol. The first kappa shape index (κ1) is 19.6. The molecule has 0 saturated heterocycles. The highest BCUT2D eigenvalue weighted by Gasteiger charge is 2.41. The molecule has 3 heterocycles. The van der Waals surface area contributed by atoms with Gasteiger partial charge in [-0.15, -0.1) is 0 Å². The molecular weight excluding hydrogens is 388 g/mol. The third kappa shape index (κ3) is 3.34. The topological polar surface area (TPSA) is 75.1 Å². The summed E-state index contributed by atoms with van der Waals surface area (Å²) in [5, 5.41) is 0. The van der Waals surface area contributed by atoms with Crippen molar-refractivity contribution in [2.24, 2.45) is 0 Å². The SMILES string of the molecule is CCC1C(=O)N(C)c2cnc(-c3nccnc3-c3ccccc3)nc2N1C1CCCC1. The average Bonchev–Trinajstić information content (AvgIpc) is 3.36. The van der Waals surface area contributed by atoms with Gasteiger partial charge in [-0.3, -0.25) is 9.78 Å². The lowest BCUT2D eigenvalue weighted by Crippen LogP contribution is -2.55. The zero-order chi connectivity index (χ0) is 21.4. The second-order valence-electron chi connectivity index (χ2n) is 8.19. The van der Waals surface area contributed by atoms with Gasteiger partial charge in [-0.05, 0) is 19.3 Å². The number of nitrogens with zero attached hydrogens (tertiary/aromatic N) is 6. The summed E-state index contributed by atoms with van der Waals surface area (Å²) in [4.78, 5) is 35.8. The van der Waals surface area contributed by atoms with E-state index in [1.807, 2.05) is 37.4 Å². The third-order valence-corrected chi connectivity index (χ3v) is 6.37. The van der Waals surface area contributed by atoms with Crippen molar-refractivity contribution in [1.29, 1.82) is 0 Å². The molecule has 2 aromatic heterocycles. The predicted octanol–water partition coefficient (Wildman–Crippen LogP) is 4.10. The Morgan fingerprint density at radius 2 is 1.71 bits per heavy atom. The number of hydrogen-bond acceptors (Lipinski definition) is 6. The lowest BCUT2D eigenvalue weighted by molar-refractivity contribution is -0.120. The van der Waals surface area contributed by atoms with Crippen molar-refractivity contribution in [3.05, 3.63) is 48.9 Å². The summed E-state index contributed by atoms with van der Waals surface area (Å²) >= 11 is 0. The smallest absolute Gasteiger partial charge is 0.249 e. The Balaban J connectivity index is 1.66. The van der Waals surface area contributed by atoms with Gasteiger partial charge in [-0.25, -0.2) is 15.0 Å². The molecule has 7 heteroatoms. The van der Waals surface area contributed by atoms with E-state index in [1.165, 1.54) is 12.8 Å². The Hall–Kier alpha value is -3.35. The van der Waals surface area contributed by atoms with E-state index in [4.69, 9.17) is 4.98 Å². The van der Waals surface area contributed by atoms with Gasteiger partial charge in [0.25, 0.3) is 0 Å². The van der Waals surface area contributed by atoms with Crippen LogP contribution in [0, 0.1) is 0 Å². The summed E-state index contributed by atoms with van der Waals surface area (Å²) in [5.41, 5.74) is 3.13. The van der Waals surface area contributed by atoms with Crippen LogP contribution in [0.5, 0.6) is 0 Å². The van der Waals surface area contributed by atoms with Gasteiger partial charge in [-0.2, -0.15) is 0 Å². The predicted molar refractivity (Wildman–Crippen MR) is 121 cm³/mol. The molecule has 1 aliphatic carbocycles. The van der Waals surface area contributed by atoms with Crippen LogP contribution in [-0.2, 0) is 4.79 Å². The van der Waals surface area contributed by atoms with Gasteiger partial charge in [0.2, 0.25) is 5.91 Å². The van der Waals surface area contributed by atoms with E-state index < -0.39 is 0 Å². The van der Waals surface area contributed by atoms with Crippen LogP contribution in [0.1, 0.15) is 39.0 Å². The summed E-state index contributed by atoms with van der Waals surface area (Å²) in [6.07, 6.45) is 10.4. The van der Waals surface area contributed by atoms with Crippen LogP contribution in [0.3, 0.4) is 0 Å². The number of hydrogen-bond donors (Lipinski definition) is 0. The number of fused-ring (bicyclic) bond motifs is 1. The van der Waals surface area contributed by atoms with E-state index in [0.717, 1.165) is 42.0 Å². The zero-order valence-corrected chi connectivity index (χ0v) is 17.9. The first-order valence-corrected chi connectivity index (χ1v) is 11.0. The maximum absolute atomic E-state index is 13.1. The summed E-state index contributed by atoms with van der Waals surface area (Å²) in [7, 11) is 1.82. The quantitative estimate of drug-likeness (QED) is 0.640. The number of carbonyl (C=O) groups is 1. The Bertz CT molecular complexity index is 1100. The second kappa shape index (κ2) is 8.06. The zero-order valence-electron chi connectivity index (χ0n) is 17.9. The van der Waals surface area contributed by atoms with E-state index in [2.05, 4.69) is 26.8 Å². The van der Waals surface area contributed by atoms with Crippen LogP contribution in [0.2, 0.25) is 0 Å². The van der Waals surface area contributed by atoms with E-state index >= 15 is 0 Å². The van der Waals surface area contributed by atoms with Crippen molar-refractivity contribution in [1.82, 2.24) is 19.9 Å². The number of benzene rings is 1. The number of rotatable bonds is 4. The molecule has 7 nitrogen and oxygen atoms in total. The molecule has 1 atom stereocenters. The molecule has 0 radical (unpaired) electrons. The molecular formula is C24H26N6O. The van der Waals surface area contributed by atoms with Gasteiger partial charge in [0.15, 0.2) is 11.6 Å². The summed E-state index contributed by atoms with van der Waals surface area (Å²) in [5.74, 6) is 1.48. The highest BCUT2D eigenvalue weighted by molar-refractivity contribution is 6.04. The standard InChI is InChI=1S/C24H26N6O/c1-3-18-24(31)29(2)19-15-27-22(28-23(19)30(18)17-11-7-8-12-17)21-20(25-13-14-26-21)16-9-5-4-6-10-16/h4-6,9-10,13-15,17-18H,3,7-8,11-12H2,1-2H3. The van der Waals surface area contributed by atoms with Gasteiger partial charge in [-0.1, -0.05) is 50.1 Å². The van der Waals surface area contributed by atoms with Crippen molar-refractivity contribution in [3.8, 4) is 22.8 Å². The van der Waals surface area contributed by atoms with E-state index in [1.54, 1.807) is 23.5 Å². The Labute approximate surface area is 182 Å². The van der Waals surface area contributed by atoms with Crippen molar-refractivity contribution < 1.29 is 4.79 Å². The highest BCUT2D eigenvalue weighted by Crippen LogP contribution is 2.40. The fraction of sp³-hybridized carbons (Fsp3) is 0.375. The number of aromatic nitrogens is 4.